The van der Waals surface area contributed by atoms with Crippen molar-refractivity contribution in [2.24, 2.45) is 0 Å². The smallest absolute Gasteiger partial charge is 0.266 e. The molecule has 6 heteroatoms. The van der Waals surface area contributed by atoms with Gasteiger partial charge in [0, 0.05) is 10.0 Å². The second-order valence-electron chi connectivity index (χ2n) is 5.30. The number of hydrogen-bond acceptors (Lipinski definition) is 3. The third-order valence-corrected chi connectivity index (χ3v) is 5.63. The van der Waals surface area contributed by atoms with Gasteiger partial charge in [-0.3, -0.25) is 9.69 Å². The molecule has 2 nitrogen and oxygen atoms in total. The molecule has 3 rings (SSSR count). The lowest BCUT2D eigenvalue weighted by Crippen LogP contribution is -2.30. The van der Waals surface area contributed by atoms with E-state index in [9.17, 15) is 4.79 Å². The van der Waals surface area contributed by atoms with Crippen molar-refractivity contribution in [2.75, 3.05) is 0 Å². The first-order valence-corrected chi connectivity index (χ1v) is 9.22. The van der Waals surface area contributed by atoms with Crippen LogP contribution < -0.4 is 0 Å². The molecule has 122 valence electrons. The molecule has 24 heavy (non-hydrogen) atoms. The molecule has 0 spiro atoms. The Kier molecular flexibility index (Phi) is 5.30. The molecule has 2 aromatic rings. The first-order valence-electron chi connectivity index (χ1n) is 7.24. The average molecular weight is 394 g/mol. The summed E-state index contributed by atoms with van der Waals surface area (Å²) < 4.78 is 0.549. The van der Waals surface area contributed by atoms with Crippen molar-refractivity contribution in [1.29, 1.82) is 0 Å². The van der Waals surface area contributed by atoms with Gasteiger partial charge in [0.2, 0.25) is 0 Å². The zero-order valence-electron chi connectivity index (χ0n) is 12.7. The Bertz CT molecular complexity index is 836. The molecule has 1 amide bonds. The lowest BCUT2D eigenvalue weighted by Gasteiger charge is -2.23. The molecule has 0 unspecified atom stereocenters. The largest absolute Gasteiger partial charge is 0.286 e. The molecule has 1 aliphatic heterocycles. The molecule has 0 radical (unpaired) electrons. The van der Waals surface area contributed by atoms with E-state index >= 15 is 0 Å². The van der Waals surface area contributed by atoms with E-state index in [2.05, 4.69) is 0 Å². The molecule has 0 bridgehead atoms. The summed E-state index contributed by atoms with van der Waals surface area (Å²) in [4.78, 5) is 15.0. The molecule has 1 heterocycles. The van der Waals surface area contributed by atoms with Crippen LogP contribution in [0.4, 0.5) is 0 Å². The molecular formula is C18H13Cl2NOS2. The van der Waals surface area contributed by atoms with Crippen LogP contribution >= 0.6 is 47.2 Å². The number of hydrogen-bond donors (Lipinski definition) is 0. The van der Waals surface area contributed by atoms with Crippen molar-refractivity contribution < 1.29 is 4.79 Å². The highest BCUT2D eigenvalue weighted by molar-refractivity contribution is 8.26. The van der Waals surface area contributed by atoms with Crippen LogP contribution in [-0.4, -0.2) is 15.1 Å². The molecule has 2 aromatic carbocycles. The molecule has 1 saturated heterocycles. The Labute approximate surface area is 160 Å². The maximum atomic E-state index is 12.8. The van der Waals surface area contributed by atoms with Gasteiger partial charge in [0.05, 0.1) is 10.9 Å². The zero-order chi connectivity index (χ0) is 17.3. The van der Waals surface area contributed by atoms with Gasteiger partial charge in [-0.05, 0) is 36.3 Å². The second kappa shape index (κ2) is 7.28. The summed E-state index contributed by atoms with van der Waals surface area (Å²) in [5.41, 5.74) is 1.79. The fraction of sp³-hybridized carbons (Fsp3) is 0.111. The molecule has 0 saturated carbocycles. The number of benzene rings is 2. The summed E-state index contributed by atoms with van der Waals surface area (Å²) in [6.45, 7) is 1.97. The van der Waals surface area contributed by atoms with Crippen LogP contribution in [0.15, 0.2) is 53.4 Å². The van der Waals surface area contributed by atoms with Gasteiger partial charge in [0.1, 0.15) is 4.32 Å². The van der Waals surface area contributed by atoms with Gasteiger partial charge in [0.25, 0.3) is 5.91 Å². The monoisotopic (exact) mass is 393 g/mol. The lowest BCUT2D eigenvalue weighted by atomic mass is 10.1. The minimum absolute atomic E-state index is 0.104. The van der Waals surface area contributed by atoms with Crippen LogP contribution in [-0.2, 0) is 4.79 Å². The fourth-order valence-electron chi connectivity index (χ4n) is 2.45. The highest BCUT2D eigenvalue weighted by Crippen LogP contribution is 2.38. The molecule has 1 fully saturated rings. The standard InChI is InChI=1S/C18H13Cl2NOS2/c1-11(12-5-3-2-4-6-12)21-17(22)16(24-18(21)23)9-13-7-8-14(19)10-15(13)20/h2-11H,1H3/b16-9+/t11-/m1/s1. The second-order valence-corrected chi connectivity index (χ2v) is 7.82. The van der Waals surface area contributed by atoms with E-state index in [0.717, 1.165) is 11.1 Å². The minimum atomic E-state index is -0.120. The molecular weight excluding hydrogens is 381 g/mol. The van der Waals surface area contributed by atoms with Crippen molar-refractivity contribution in [3.05, 3.63) is 74.6 Å². The Morgan fingerprint density at radius 2 is 1.88 bits per heavy atom. The molecule has 0 aromatic heterocycles. The van der Waals surface area contributed by atoms with Crippen molar-refractivity contribution in [2.45, 2.75) is 13.0 Å². The highest BCUT2D eigenvalue weighted by atomic mass is 35.5. The lowest BCUT2D eigenvalue weighted by molar-refractivity contribution is -0.123. The summed E-state index contributed by atoms with van der Waals surface area (Å²) in [6, 6.07) is 14.9. The van der Waals surface area contributed by atoms with Crippen molar-refractivity contribution in [3.63, 3.8) is 0 Å². The maximum Gasteiger partial charge on any atom is 0.266 e. The number of amides is 1. The average Bonchev–Trinajstić information content (AvgIpc) is 2.84. The van der Waals surface area contributed by atoms with Crippen LogP contribution in [0.5, 0.6) is 0 Å². The number of thiocarbonyl (C=S) groups is 1. The predicted molar refractivity (Wildman–Crippen MR) is 106 cm³/mol. The number of nitrogens with zero attached hydrogens (tertiary/aromatic N) is 1. The van der Waals surface area contributed by atoms with E-state index in [1.165, 1.54) is 11.8 Å². The first kappa shape index (κ1) is 17.5. The van der Waals surface area contributed by atoms with E-state index in [4.69, 9.17) is 35.4 Å². The van der Waals surface area contributed by atoms with E-state index < -0.39 is 0 Å². The third-order valence-electron chi connectivity index (χ3n) is 3.74. The molecule has 1 atom stereocenters. The molecule has 1 aliphatic rings. The summed E-state index contributed by atoms with van der Waals surface area (Å²) in [6.07, 6.45) is 1.76. The summed E-state index contributed by atoms with van der Waals surface area (Å²) in [5, 5.41) is 1.06. The highest BCUT2D eigenvalue weighted by Gasteiger charge is 2.35. The van der Waals surface area contributed by atoms with Gasteiger partial charge in [-0.1, -0.05) is 83.6 Å². The summed E-state index contributed by atoms with van der Waals surface area (Å²) >= 11 is 18.8. The fourth-order valence-corrected chi connectivity index (χ4v) is 4.33. The quantitative estimate of drug-likeness (QED) is 0.474. The zero-order valence-corrected chi connectivity index (χ0v) is 15.8. The number of carbonyl (C=O) groups excluding carboxylic acids is 1. The van der Waals surface area contributed by atoms with Crippen LogP contribution in [0, 0.1) is 0 Å². The van der Waals surface area contributed by atoms with Crippen molar-refractivity contribution in [1.82, 2.24) is 4.90 Å². The number of thioether (sulfide) groups is 1. The van der Waals surface area contributed by atoms with Gasteiger partial charge >= 0.3 is 0 Å². The SMILES string of the molecule is C[C@H](c1ccccc1)N1C(=O)/C(=C\c2ccc(Cl)cc2Cl)SC1=S. The Hall–Kier alpha value is -1.33. The molecule has 0 aliphatic carbocycles. The number of halogens is 2. The molecule has 0 N–H and O–H groups in total. The van der Waals surface area contributed by atoms with Gasteiger partial charge in [0.15, 0.2) is 0 Å². The van der Waals surface area contributed by atoms with Gasteiger partial charge < -0.3 is 0 Å². The summed E-state index contributed by atoms with van der Waals surface area (Å²) in [7, 11) is 0. The number of carbonyl (C=O) groups is 1. The van der Waals surface area contributed by atoms with Gasteiger partial charge in [-0.15, -0.1) is 0 Å². The predicted octanol–water partition coefficient (Wildman–Crippen LogP) is 5.96. The van der Waals surface area contributed by atoms with E-state index in [1.807, 2.05) is 37.3 Å². The van der Waals surface area contributed by atoms with E-state index in [1.54, 1.807) is 29.2 Å². The van der Waals surface area contributed by atoms with E-state index in [0.29, 0.717) is 19.3 Å². The Morgan fingerprint density at radius 1 is 1.17 bits per heavy atom. The van der Waals surface area contributed by atoms with Crippen LogP contribution in [0.2, 0.25) is 10.0 Å². The van der Waals surface area contributed by atoms with E-state index in [-0.39, 0.29) is 11.9 Å². The minimum Gasteiger partial charge on any atom is -0.286 e. The number of rotatable bonds is 3. The van der Waals surface area contributed by atoms with Crippen molar-refractivity contribution in [3.8, 4) is 0 Å². The first-order chi connectivity index (χ1) is 11.5. The van der Waals surface area contributed by atoms with Gasteiger partial charge in [-0.2, -0.15) is 0 Å². The summed E-state index contributed by atoms with van der Waals surface area (Å²) in [5.74, 6) is -0.104. The van der Waals surface area contributed by atoms with Gasteiger partial charge in [-0.25, -0.2) is 0 Å². The normalized spacial score (nSPS) is 17.6. The van der Waals surface area contributed by atoms with Crippen molar-refractivity contribution >= 4 is 63.5 Å². The Morgan fingerprint density at radius 3 is 2.54 bits per heavy atom. The van der Waals surface area contributed by atoms with Crippen LogP contribution in [0.25, 0.3) is 6.08 Å². The maximum absolute atomic E-state index is 12.8. The van der Waals surface area contributed by atoms with Crippen LogP contribution in [0.1, 0.15) is 24.1 Å². The van der Waals surface area contributed by atoms with Crippen LogP contribution in [0.3, 0.4) is 0 Å². The third kappa shape index (κ3) is 3.52. The topological polar surface area (TPSA) is 20.3 Å². The Balaban J connectivity index is 1.90.